The van der Waals surface area contributed by atoms with Gasteiger partial charge in [0.15, 0.2) is 0 Å². The zero-order chi connectivity index (χ0) is 29.8. The summed E-state index contributed by atoms with van der Waals surface area (Å²) in [5.74, 6) is -0.182. The first-order valence-electron chi connectivity index (χ1n) is 13.7. The molecule has 10 nitrogen and oxygen atoms in total. The molecule has 4 amide bonds. The molecule has 1 aromatic heterocycles. The lowest BCUT2D eigenvalue weighted by atomic mass is 9.92. The monoisotopic (exact) mass is 594 g/mol. The highest BCUT2D eigenvalue weighted by atomic mass is 35.5. The minimum Gasteiger partial charge on any atom is -0.453 e. The number of H-pyrrole nitrogens is 1. The molecule has 42 heavy (non-hydrogen) atoms. The summed E-state index contributed by atoms with van der Waals surface area (Å²) in [5.41, 5.74) is 3.50. The van der Waals surface area contributed by atoms with E-state index in [1.54, 1.807) is 41.4 Å². The molecule has 2 atom stereocenters. The van der Waals surface area contributed by atoms with Crippen LogP contribution in [-0.2, 0) is 9.53 Å². The van der Waals surface area contributed by atoms with Gasteiger partial charge >= 0.3 is 12.1 Å². The van der Waals surface area contributed by atoms with Crippen LogP contribution < -0.4 is 16.0 Å². The molecule has 3 heterocycles. The summed E-state index contributed by atoms with van der Waals surface area (Å²) in [6, 6.07) is 3.77. The van der Waals surface area contributed by atoms with Crippen LogP contribution in [0.4, 0.5) is 25.4 Å². The quantitative estimate of drug-likeness (QED) is 0.303. The maximum absolute atomic E-state index is 15.3. The molecule has 2 bridgehead atoms. The second-order valence-electron chi connectivity index (χ2n) is 10.3. The first kappa shape index (κ1) is 29.1. The average Bonchev–Trinajstić information content (AvgIpc) is 3.44. The fraction of sp³-hybridized carbons (Fsp3) is 0.333. The molecule has 1 aliphatic carbocycles. The third kappa shape index (κ3) is 6.25. The summed E-state index contributed by atoms with van der Waals surface area (Å²) in [4.78, 5) is 47.6. The number of aromatic amines is 1. The van der Waals surface area contributed by atoms with Gasteiger partial charge in [-0.3, -0.25) is 10.1 Å². The molecular formula is C30H32ClFN6O4. The van der Waals surface area contributed by atoms with Gasteiger partial charge in [-0.05, 0) is 56.9 Å². The van der Waals surface area contributed by atoms with Gasteiger partial charge in [0, 0.05) is 29.8 Å². The number of anilines is 2. The number of hydrogen-bond acceptors (Lipinski definition) is 5. The fourth-order valence-corrected chi connectivity index (χ4v) is 5.61. The fourth-order valence-electron chi connectivity index (χ4n) is 5.42. The van der Waals surface area contributed by atoms with Crippen LogP contribution in [0, 0.1) is 0 Å². The maximum Gasteiger partial charge on any atom is 0.411 e. The molecule has 2 aliphatic heterocycles. The van der Waals surface area contributed by atoms with Gasteiger partial charge < -0.3 is 25.3 Å². The van der Waals surface area contributed by atoms with E-state index in [1.807, 2.05) is 19.1 Å². The van der Waals surface area contributed by atoms with Gasteiger partial charge in [0.25, 0.3) is 0 Å². The van der Waals surface area contributed by atoms with Crippen molar-refractivity contribution < 1.29 is 23.5 Å². The smallest absolute Gasteiger partial charge is 0.411 e. The SMILES string of the molecule is COC(=O)Nc1ccc2c(c1)NC(=O)CC=CCC(N1CCC(C3=C(C)CCC=CC(Cl)=C3F)NC1=O)c1ncc-2[nH]1. The molecule has 0 radical (unpaired) electrons. The van der Waals surface area contributed by atoms with E-state index in [1.165, 1.54) is 7.11 Å². The highest BCUT2D eigenvalue weighted by Gasteiger charge is 2.35. The number of amides is 4. The Kier molecular flexibility index (Phi) is 8.77. The van der Waals surface area contributed by atoms with Gasteiger partial charge in [0.1, 0.15) is 11.7 Å². The molecule has 12 heteroatoms. The number of carbonyl (C=O) groups is 3. The van der Waals surface area contributed by atoms with Crippen molar-refractivity contribution in [3.63, 3.8) is 0 Å². The number of methoxy groups -OCH3 is 1. The number of carbonyl (C=O) groups excluding carboxylic acids is 3. The predicted molar refractivity (Wildman–Crippen MR) is 158 cm³/mol. The number of nitrogens with zero attached hydrogens (tertiary/aromatic N) is 2. The lowest BCUT2D eigenvalue weighted by Crippen LogP contribution is -2.53. The van der Waals surface area contributed by atoms with Gasteiger partial charge in [0.05, 0.1) is 41.8 Å². The number of nitrogens with one attached hydrogen (secondary N) is 4. The van der Waals surface area contributed by atoms with E-state index in [4.69, 9.17) is 11.6 Å². The van der Waals surface area contributed by atoms with E-state index in [9.17, 15) is 14.4 Å². The molecule has 2 aromatic rings. The molecule has 1 aromatic carbocycles. The third-order valence-electron chi connectivity index (χ3n) is 7.55. The van der Waals surface area contributed by atoms with E-state index in [2.05, 4.69) is 30.7 Å². The second kappa shape index (κ2) is 12.6. The number of benzene rings is 1. The molecule has 0 saturated carbocycles. The highest BCUT2D eigenvalue weighted by molar-refractivity contribution is 6.31. The van der Waals surface area contributed by atoms with Crippen LogP contribution in [0.1, 0.15) is 50.9 Å². The summed E-state index contributed by atoms with van der Waals surface area (Å²) in [6.45, 7) is 2.24. The number of ether oxygens (including phenoxy) is 1. The Morgan fingerprint density at radius 3 is 2.86 bits per heavy atom. The number of rotatable bonds is 3. The number of imidazole rings is 1. The van der Waals surface area contributed by atoms with Crippen LogP contribution >= 0.6 is 11.6 Å². The molecule has 1 saturated heterocycles. The van der Waals surface area contributed by atoms with Gasteiger partial charge in [-0.15, -0.1) is 0 Å². The number of hydrogen-bond donors (Lipinski definition) is 4. The van der Waals surface area contributed by atoms with E-state index < -0.39 is 24.0 Å². The van der Waals surface area contributed by atoms with Crippen molar-refractivity contribution in [1.29, 1.82) is 0 Å². The number of allylic oxidation sites excluding steroid dienone is 4. The van der Waals surface area contributed by atoms with Crippen LogP contribution in [0.15, 0.2) is 70.7 Å². The first-order valence-corrected chi connectivity index (χ1v) is 14.1. The maximum atomic E-state index is 15.3. The van der Waals surface area contributed by atoms with E-state index >= 15 is 4.39 Å². The topological polar surface area (TPSA) is 128 Å². The number of fused-ring (bicyclic) bond motifs is 4. The molecule has 3 aliphatic rings. The van der Waals surface area contributed by atoms with Crippen LogP contribution in [0.3, 0.4) is 0 Å². The van der Waals surface area contributed by atoms with Crippen LogP contribution in [0.5, 0.6) is 0 Å². The first-order chi connectivity index (χ1) is 20.2. The minimum absolute atomic E-state index is 0.0332. The zero-order valence-electron chi connectivity index (χ0n) is 23.3. The van der Waals surface area contributed by atoms with Crippen molar-refractivity contribution in [3.8, 4) is 11.3 Å². The Bertz CT molecular complexity index is 1530. The molecule has 220 valence electrons. The number of aromatic nitrogens is 2. The Balaban J connectivity index is 1.43. The summed E-state index contributed by atoms with van der Waals surface area (Å²) in [7, 11) is 1.27. The van der Waals surface area contributed by atoms with Crippen molar-refractivity contribution in [2.24, 2.45) is 0 Å². The number of urea groups is 1. The second-order valence-corrected chi connectivity index (χ2v) is 10.7. The summed E-state index contributed by atoms with van der Waals surface area (Å²) in [5, 5.41) is 8.51. The largest absolute Gasteiger partial charge is 0.453 e. The zero-order valence-corrected chi connectivity index (χ0v) is 24.1. The lowest BCUT2D eigenvalue weighted by molar-refractivity contribution is -0.115. The average molecular weight is 595 g/mol. The van der Waals surface area contributed by atoms with E-state index in [0.29, 0.717) is 59.8 Å². The summed E-state index contributed by atoms with van der Waals surface area (Å²) in [6.07, 6.45) is 10.4. The predicted octanol–water partition coefficient (Wildman–Crippen LogP) is 6.45. The van der Waals surface area contributed by atoms with Crippen LogP contribution in [0.2, 0.25) is 0 Å². The third-order valence-corrected chi connectivity index (χ3v) is 7.85. The van der Waals surface area contributed by atoms with Crippen molar-refractivity contribution in [2.45, 2.75) is 51.1 Å². The summed E-state index contributed by atoms with van der Waals surface area (Å²) >= 11 is 6.19. The van der Waals surface area contributed by atoms with Crippen molar-refractivity contribution in [2.75, 3.05) is 24.3 Å². The molecule has 5 rings (SSSR count). The molecular weight excluding hydrogens is 563 g/mol. The summed E-state index contributed by atoms with van der Waals surface area (Å²) < 4.78 is 20.0. The Hall–Kier alpha value is -4.38. The van der Waals surface area contributed by atoms with Gasteiger partial charge in [-0.25, -0.2) is 19.0 Å². The number of halogens is 2. The minimum atomic E-state index is -0.634. The lowest BCUT2D eigenvalue weighted by Gasteiger charge is -2.38. The van der Waals surface area contributed by atoms with Gasteiger partial charge in [-0.2, -0.15) is 0 Å². The standard InChI is InChI=1S/C30H32ClFN6O4/c1-17-7-3-4-8-20(31)27(32)26(17)21-13-14-38(29(40)37-21)24-9-5-6-10-25(39)35-22-15-18(34-30(41)42-2)11-12-19(22)23-16-33-28(24)36-23/h4-6,8,11-12,15-16,21,24H,3,7,9-10,13-14H2,1-2H3,(H,33,36)(H,34,41)(H,35,39)(H,37,40). The van der Waals surface area contributed by atoms with Crippen molar-refractivity contribution in [3.05, 3.63) is 76.5 Å². The van der Waals surface area contributed by atoms with Crippen molar-refractivity contribution >= 4 is 41.0 Å². The molecule has 1 fully saturated rings. The molecule has 4 N–H and O–H groups in total. The van der Waals surface area contributed by atoms with Gasteiger partial charge in [-0.1, -0.05) is 35.4 Å². The van der Waals surface area contributed by atoms with Gasteiger partial charge in [0.2, 0.25) is 5.91 Å². The van der Waals surface area contributed by atoms with Crippen LogP contribution in [-0.4, -0.2) is 52.6 Å². The van der Waals surface area contributed by atoms with E-state index in [0.717, 1.165) is 12.0 Å². The Morgan fingerprint density at radius 1 is 1.24 bits per heavy atom. The van der Waals surface area contributed by atoms with E-state index in [-0.39, 0.29) is 23.4 Å². The molecule has 2 unspecified atom stereocenters. The molecule has 0 spiro atoms. The van der Waals surface area contributed by atoms with Crippen LogP contribution in [0.25, 0.3) is 11.3 Å². The van der Waals surface area contributed by atoms with Crippen molar-refractivity contribution in [1.82, 2.24) is 20.2 Å². The Labute approximate surface area is 247 Å². The highest BCUT2D eigenvalue weighted by Crippen LogP contribution is 2.36. The normalized spacial score (nSPS) is 21.4. The Morgan fingerprint density at radius 2 is 2.07 bits per heavy atom.